The lowest BCUT2D eigenvalue weighted by atomic mass is 9.92. The number of anilines is 1. The number of hydrogen-bond donors (Lipinski definition) is 3. The zero-order valence-corrected chi connectivity index (χ0v) is 24.3. The van der Waals surface area contributed by atoms with Crippen LogP contribution in [0.4, 0.5) is 10.1 Å². The van der Waals surface area contributed by atoms with Crippen LogP contribution in [0.15, 0.2) is 73.1 Å². The van der Waals surface area contributed by atoms with Crippen molar-refractivity contribution in [2.45, 2.75) is 70.5 Å². The van der Waals surface area contributed by atoms with Gasteiger partial charge < -0.3 is 21.3 Å². The van der Waals surface area contributed by atoms with E-state index in [0.717, 1.165) is 31.2 Å². The number of benzene rings is 2. The maximum absolute atomic E-state index is 13.5. The first-order valence-electron chi connectivity index (χ1n) is 14.7. The minimum absolute atomic E-state index is 0.105. The normalized spacial score (nSPS) is 16.9. The fourth-order valence-corrected chi connectivity index (χ4v) is 5.49. The lowest BCUT2D eigenvalue weighted by molar-refractivity contribution is -0.119. The van der Waals surface area contributed by atoms with Gasteiger partial charge in [-0.3, -0.25) is 19.4 Å². The largest absolute Gasteiger partial charge is 0.347 e. The Bertz CT molecular complexity index is 1350. The molecular formula is C33H40FN5O3. The molecule has 1 aromatic heterocycles. The molecule has 0 saturated carbocycles. The Morgan fingerprint density at radius 1 is 1.07 bits per heavy atom. The maximum Gasteiger partial charge on any atom is 0.255 e. The van der Waals surface area contributed by atoms with E-state index in [1.807, 2.05) is 35.2 Å². The Labute approximate surface area is 246 Å². The minimum atomic E-state index is -0.555. The highest BCUT2D eigenvalue weighted by atomic mass is 19.1. The summed E-state index contributed by atoms with van der Waals surface area (Å²) in [4.78, 5) is 45.7. The molecule has 0 radical (unpaired) electrons. The van der Waals surface area contributed by atoms with E-state index < -0.39 is 18.0 Å². The topological polar surface area (TPSA) is 117 Å². The van der Waals surface area contributed by atoms with Crippen LogP contribution in [0.1, 0.15) is 72.2 Å². The van der Waals surface area contributed by atoms with Crippen molar-refractivity contribution in [2.75, 3.05) is 11.9 Å². The molecule has 42 heavy (non-hydrogen) atoms. The second kappa shape index (κ2) is 14.7. The number of nitrogens with one attached hydrogen (secondary N) is 2. The molecule has 0 bridgehead atoms. The molecule has 1 fully saturated rings. The van der Waals surface area contributed by atoms with Crippen LogP contribution in [0.3, 0.4) is 0 Å². The molecule has 1 aliphatic heterocycles. The standard InChI is InChI=1S/C33H40FN5O3/c1-3-8-28-11-7-16-39(28)33(42)25-19-24(20-36-21-25)32(41)38-30(18-23-9-5-4-6-10-23)29(35)17-22(2)31(40)37-27-14-12-26(34)13-15-27/h4-6,9-10,12-15,19-22,28-30H,3,7-8,11,16-18,35H2,1-2H3,(H,37,40)(H,38,41)/t22-,28+,29+,30+/m1/s1. The van der Waals surface area contributed by atoms with Gasteiger partial charge in [-0.05, 0) is 68.0 Å². The van der Waals surface area contributed by atoms with E-state index in [9.17, 15) is 18.8 Å². The van der Waals surface area contributed by atoms with Crippen LogP contribution in [0.5, 0.6) is 0 Å². The molecule has 4 atom stereocenters. The number of likely N-dealkylation sites (tertiary alicyclic amines) is 1. The van der Waals surface area contributed by atoms with Gasteiger partial charge in [0.2, 0.25) is 5.91 Å². The number of nitrogens with zero attached hydrogens (tertiary/aromatic N) is 2. The summed E-state index contributed by atoms with van der Waals surface area (Å²) < 4.78 is 13.2. The van der Waals surface area contributed by atoms with Crippen LogP contribution in [0.25, 0.3) is 0 Å². The fourth-order valence-electron chi connectivity index (χ4n) is 5.49. The second-order valence-electron chi connectivity index (χ2n) is 11.1. The molecule has 8 nitrogen and oxygen atoms in total. The monoisotopic (exact) mass is 573 g/mol. The Kier molecular flexibility index (Phi) is 10.8. The van der Waals surface area contributed by atoms with Crippen molar-refractivity contribution in [3.05, 3.63) is 95.6 Å². The number of nitrogens with two attached hydrogens (primary N) is 1. The molecule has 3 aromatic rings. The summed E-state index contributed by atoms with van der Waals surface area (Å²) in [7, 11) is 0. The average Bonchev–Trinajstić information content (AvgIpc) is 3.46. The van der Waals surface area contributed by atoms with Crippen LogP contribution in [0, 0.1) is 11.7 Å². The van der Waals surface area contributed by atoms with E-state index in [2.05, 4.69) is 22.5 Å². The predicted molar refractivity (Wildman–Crippen MR) is 161 cm³/mol. The number of halogens is 1. The molecule has 2 heterocycles. The summed E-state index contributed by atoms with van der Waals surface area (Å²) in [6.45, 7) is 4.59. The van der Waals surface area contributed by atoms with E-state index in [0.29, 0.717) is 30.6 Å². The van der Waals surface area contributed by atoms with Crippen molar-refractivity contribution in [3.8, 4) is 0 Å². The van der Waals surface area contributed by atoms with Gasteiger partial charge in [0, 0.05) is 48.7 Å². The maximum atomic E-state index is 13.5. The van der Waals surface area contributed by atoms with Gasteiger partial charge in [-0.25, -0.2) is 4.39 Å². The quantitative estimate of drug-likeness (QED) is 0.283. The van der Waals surface area contributed by atoms with Crippen LogP contribution in [0.2, 0.25) is 0 Å². The molecule has 9 heteroatoms. The average molecular weight is 574 g/mol. The second-order valence-corrected chi connectivity index (χ2v) is 11.1. The lowest BCUT2D eigenvalue weighted by Gasteiger charge is -2.27. The summed E-state index contributed by atoms with van der Waals surface area (Å²) in [6.07, 6.45) is 7.64. The molecule has 3 amide bonds. The molecule has 2 aromatic carbocycles. The van der Waals surface area contributed by atoms with Crippen LogP contribution >= 0.6 is 0 Å². The molecule has 0 spiro atoms. The smallest absolute Gasteiger partial charge is 0.255 e. The zero-order valence-electron chi connectivity index (χ0n) is 24.3. The fraction of sp³-hybridized carbons (Fsp3) is 0.394. The van der Waals surface area contributed by atoms with Gasteiger partial charge in [-0.1, -0.05) is 50.6 Å². The summed E-state index contributed by atoms with van der Waals surface area (Å²) >= 11 is 0. The number of pyridine rings is 1. The molecule has 0 aliphatic carbocycles. The molecule has 1 aliphatic rings. The molecule has 1 saturated heterocycles. The van der Waals surface area contributed by atoms with Gasteiger partial charge in [-0.15, -0.1) is 0 Å². The number of carbonyl (C=O) groups excluding carboxylic acids is 3. The molecular weight excluding hydrogens is 533 g/mol. The highest BCUT2D eigenvalue weighted by molar-refractivity contribution is 5.99. The number of amides is 3. The number of rotatable bonds is 12. The van der Waals surface area contributed by atoms with Gasteiger partial charge in [-0.2, -0.15) is 0 Å². The highest BCUT2D eigenvalue weighted by Crippen LogP contribution is 2.24. The van der Waals surface area contributed by atoms with Gasteiger partial charge in [0.15, 0.2) is 0 Å². The van der Waals surface area contributed by atoms with E-state index in [4.69, 9.17) is 5.73 Å². The summed E-state index contributed by atoms with van der Waals surface area (Å²) in [5.41, 5.74) is 8.77. The molecule has 4 rings (SSSR count). The van der Waals surface area contributed by atoms with Gasteiger partial charge in [0.05, 0.1) is 11.1 Å². The summed E-state index contributed by atoms with van der Waals surface area (Å²) in [5.74, 6) is -1.60. The van der Waals surface area contributed by atoms with Crippen molar-refractivity contribution >= 4 is 23.4 Å². The van der Waals surface area contributed by atoms with Crippen LogP contribution in [-0.2, 0) is 11.2 Å². The molecule has 4 N–H and O–H groups in total. The first-order chi connectivity index (χ1) is 20.2. The summed E-state index contributed by atoms with van der Waals surface area (Å²) in [5, 5.41) is 5.83. The minimum Gasteiger partial charge on any atom is -0.347 e. The van der Waals surface area contributed by atoms with Crippen molar-refractivity contribution < 1.29 is 18.8 Å². The Hall–Kier alpha value is -4.11. The Morgan fingerprint density at radius 3 is 2.50 bits per heavy atom. The third kappa shape index (κ3) is 8.22. The third-order valence-electron chi connectivity index (χ3n) is 7.82. The van der Waals surface area contributed by atoms with E-state index in [-0.39, 0.29) is 35.1 Å². The number of aromatic nitrogens is 1. The Balaban J connectivity index is 1.46. The highest BCUT2D eigenvalue weighted by Gasteiger charge is 2.30. The molecule has 222 valence electrons. The van der Waals surface area contributed by atoms with E-state index in [1.54, 1.807) is 13.0 Å². The first kappa shape index (κ1) is 30.8. The van der Waals surface area contributed by atoms with Gasteiger partial charge in [0.1, 0.15) is 5.82 Å². The van der Waals surface area contributed by atoms with Gasteiger partial charge >= 0.3 is 0 Å². The van der Waals surface area contributed by atoms with Crippen LogP contribution in [-0.4, -0.2) is 52.3 Å². The summed E-state index contributed by atoms with van der Waals surface area (Å²) in [6, 6.07) is 16.0. The van der Waals surface area contributed by atoms with Crippen molar-refractivity contribution in [2.24, 2.45) is 11.7 Å². The lowest BCUT2D eigenvalue weighted by Crippen LogP contribution is -2.50. The van der Waals surface area contributed by atoms with Crippen molar-refractivity contribution in [3.63, 3.8) is 0 Å². The van der Waals surface area contributed by atoms with Crippen LogP contribution < -0.4 is 16.4 Å². The van der Waals surface area contributed by atoms with E-state index >= 15 is 0 Å². The molecule has 0 unspecified atom stereocenters. The van der Waals surface area contributed by atoms with Crippen molar-refractivity contribution in [1.82, 2.24) is 15.2 Å². The number of hydrogen-bond acceptors (Lipinski definition) is 5. The first-order valence-corrected chi connectivity index (χ1v) is 14.7. The van der Waals surface area contributed by atoms with Crippen molar-refractivity contribution in [1.29, 1.82) is 0 Å². The number of carbonyl (C=O) groups is 3. The Morgan fingerprint density at radius 2 is 1.79 bits per heavy atom. The predicted octanol–water partition coefficient (Wildman–Crippen LogP) is 4.96. The van der Waals surface area contributed by atoms with E-state index in [1.165, 1.54) is 36.7 Å². The van der Waals surface area contributed by atoms with Gasteiger partial charge in [0.25, 0.3) is 11.8 Å². The zero-order chi connectivity index (χ0) is 30.1. The third-order valence-corrected chi connectivity index (χ3v) is 7.82. The SMILES string of the molecule is CCC[C@H]1CCCN1C(=O)c1cncc(C(=O)N[C@@H](Cc2ccccc2)[C@@H](N)C[C@@H](C)C(=O)Nc2ccc(F)cc2)c1.